The molecule has 2 aromatic carbocycles. The third kappa shape index (κ3) is 5.89. The second-order valence-corrected chi connectivity index (χ2v) is 10.2. The first kappa shape index (κ1) is 25.1. The average Bonchev–Trinajstić information content (AvgIpc) is 3.80. The van der Waals surface area contributed by atoms with Crippen LogP contribution in [-0.4, -0.2) is 73.9 Å². The molecular formula is C29H36N4O4. The van der Waals surface area contributed by atoms with Gasteiger partial charge in [-0.1, -0.05) is 6.07 Å². The van der Waals surface area contributed by atoms with Crippen LogP contribution in [0.15, 0.2) is 42.5 Å². The number of rotatable bonds is 6. The molecule has 2 aromatic rings. The van der Waals surface area contributed by atoms with Crippen LogP contribution in [0.3, 0.4) is 0 Å². The zero-order chi connectivity index (χ0) is 25.8. The lowest BCUT2D eigenvalue weighted by Crippen LogP contribution is -2.38. The van der Waals surface area contributed by atoms with Gasteiger partial charge in [-0.15, -0.1) is 0 Å². The maximum absolute atomic E-state index is 13.7. The summed E-state index contributed by atoms with van der Waals surface area (Å²) in [6, 6.07) is 12.6. The van der Waals surface area contributed by atoms with E-state index in [1.807, 2.05) is 28.0 Å². The van der Waals surface area contributed by atoms with Crippen molar-refractivity contribution in [2.75, 3.05) is 56.6 Å². The molecule has 37 heavy (non-hydrogen) atoms. The Kier molecular flexibility index (Phi) is 7.63. The largest absolute Gasteiger partial charge is 0.497 e. The van der Waals surface area contributed by atoms with Crippen molar-refractivity contribution < 1.29 is 19.1 Å². The zero-order valence-electron chi connectivity index (χ0n) is 21.6. The van der Waals surface area contributed by atoms with Crippen molar-refractivity contribution in [1.29, 1.82) is 0 Å². The summed E-state index contributed by atoms with van der Waals surface area (Å²) in [6.07, 6.45) is 6.05. The predicted molar refractivity (Wildman–Crippen MR) is 143 cm³/mol. The summed E-state index contributed by atoms with van der Waals surface area (Å²) >= 11 is 0. The molecule has 8 nitrogen and oxygen atoms in total. The van der Waals surface area contributed by atoms with Crippen molar-refractivity contribution in [2.24, 2.45) is 5.92 Å². The molecule has 0 aromatic heterocycles. The molecule has 2 heterocycles. The molecule has 1 aliphatic carbocycles. The number of ether oxygens (including phenoxy) is 1. The van der Waals surface area contributed by atoms with E-state index in [4.69, 9.17) is 4.74 Å². The Hall–Kier alpha value is -3.55. The highest BCUT2D eigenvalue weighted by molar-refractivity contribution is 6.06. The normalized spacial score (nSPS) is 18.2. The number of amides is 3. The van der Waals surface area contributed by atoms with E-state index in [9.17, 15) is 14.4 Å². The number of methoxy groups -OCH3 is 1. The van der Waals surface area contributed by atoms with E-state index in [0.717, 1.165) is 70.4 Å². The van der Waals surface area contributed by atoms with Gasteiger partial charge < -0.3 is 24.8 Å². The summed E-state index contributed by atoms with van der Waals surface area (Å²) in [5.41, 5.74) is 2.54. The number of piperidine rings is 1. The fourth-order valence-corrected chi connectivity index (χ4v) is 5.26. The molecule has 3 fully saturated rings. The van der Waals surface area contributed by atoms with Crippen LogP contribution >= 0.6 is 0 Å². The van der Waals surface area contributed by atoms with Gasteiger partial charge in [0, 0.05) is 62.1 Å². The lowest BCUT2D eigenvalue weighted by Gasteiger charge is -2.30. The molecule has 0 radical (unpaired) electrons. The van der Waals surface area contributed by atoms with Gasteiger partial charge in [0.25, 0.3) is 11.8 Å². The number of hydrogen-bond acceptors (Lipinski definition) is 5. The third-order valence-corrected chi connectivity index (χ3v) is 7.53. The molecule has 3 aliphatic rings. The first-order valence-electron chi connectivity index (χ1n) is 13.5. The number of carbonyl (C=O) groups excluding carboxylic acids is 3. The second kappa shape index (κ2) is 11.2. The van der Waals surface area contributed by atoms with Gasteiger partial charge in [0.1, 0.15) is 5.75 Å². The Balaban J connectivity index is 1.39. The van der Waals surface area contributed by atoms with Crippen molar-refractivity contribution in [3.8, 4) is 5.75 Å². The molecule has 196 valence electrons. The van der Waals surface area contributed by atoms with Gasteiger partial charge in [-0.3, -0.25) is 14.4 Å². The maximum Gasteiger partial charge on any atom is 0.256 e. The fraction of sp³-hybridized carbons (Fsp3) is 0.483. The Morgan fingerprint density at radius 1 is 0.838 bits per heavy atom. The van der Waals surface area contributed by atoms with Crippen LogP contribution in [0.4, 0.5) is 11.4 Å². The smallest absolute Gasteiger partial charge is 0.256 e. The second-order valence-electron chi connectivity index (χ2n) is 10.2. The van der Waals surface area contributed by atoms with E-state index in [2.05, 4.69) is 10.2 Å². The van der Waals surface area contributed by atoms with Crippen LogP contribution < -0.4 is 15.0 Å². The predicted octanol–water partition coefficient (Wildman–Crippen LogP) is 4.02. The molecule has 3 amide bonds. The SMILES string of the molecule is COc1cccc(C(=O)Nc2ccc(N3CCCN(C(=O)C4CC4)CC3)c(C(=O)N3CCCCC3)c2)c1. The summed E-state index contributed by atoms with van der Waals surface area (Å²) in [6.45, 7) is 4.40. The van der Waals surface area contributed by atoms with Gasteiger partial charge in [-0.25, -0.2) is 0 Å². The Labute approximate surface area is 218 Å². The summed E-state index contributed by atoms with van der Waals surface area (Å²) in [5.74, 6) is 0.853. The highest BCUT2D eigenvalue weighted by Crippen LogP contribution is 2.32. The van der Waals surface area contributed by atoms with Gasteiger partial charge in [-0.05, 0) is 74.9 Å². The van der Waals surface area contributed by atoms with E-state index in [1.54, 1.807) is 31.4 Å². The topological polar surface area (TPSA) is 82.2 Å². The molecule has 2 aliphatic heterocycles. The minimum atomic E-state index is -0.257. The number of benzene rings is 2. The van der Waals surface area contributed by atoms with Gasteiger partial charge >= 0.3 is 0 Å². The Morgan fingerprint density at radius 2 is 1.62 bits per heavy atom. The average molecular weight is 505 g/mol. The lowest BCUT2D eigenvalue weighted by molar-refractivity contribution is -0.132. The number of hydrogen-bond donors (Lipinski definition) is 1. The molecule has 2 saturated heterocycles. The maximum atomic E-state index is 13.7. The lowest BCUT2D eigenvalue weighted by atomic mass is 10.1. The van der Waals surface area contributed by atoms with E-state index < -0.39 is 0 Å². The van der Waals surface area contributed by atoms with Crippen molar-refractivity contribution in [2.45, 2.75) is 38.5 Å². The zero-order valence-corrected chi connectivity index (χ0v) is 21.6. The third-order valence-electron chi connectivity index (χ3n) is 7.53. The van der Waals surface area contributed by atoms with Crippen molar-refractivity contribution in [1.82, 2.24) is 9.80 Å². The summed E-state index contributed by atoms with van der Waals surface area (Å²) in [5, 5.41) is 2.95. The van der Waals surface area contributed by atoms with E-state index in [1.165, 1.54) is 0 Å². The first-order valence-corrected chi connectivity index (χ1v) is 13.5. The summed E-state index contributed by atoms with van der Waals surface area (Å²) < 4.78 is 5.24. The van der Waals surface area contributed by atoms with E-state index >= 15 is 0 Å². The van der Waals surface area contributed by atoms with Crippen molar-refractivity contribution >= 4 is 29.1 Å². The van der Waals surface area contributed by atoms with Crippen LogP contribution in [0, 0.1) is 5.92 Å². The van der Waals surface area contributed by atoms with Crippen LogP contribution in [0.2, 0.25) is 0 Å². The number of nitrogens with zero attached hydrogens (tertiary/aromatic N) is 3. The van der Waals surface area contributed by atoms with Crippen LogP contribution in [0.1, 0.15) is 59.2 Å². The number of likely N-dealkylation sites (tertiary alicyclic amines) is 1. The first-order chi connectivity index (χ1) is 18.0. The standard InChI is InChI=1S/C29H36N4O4/c1-37-24-8-5-7-22(19-24)27(34)30-23-11-12-26(25(20-23)29(36)32-13-3-2-4-14-32)31-15-6-16-33(18-17-31)28(35)21-9-10-21/h5,7-8,11-12,19-21H,2-4,6,9-10,13-18H2,1H3,(H,30,34). The molecule has 8 heteroatoms. The molecule has 1 saturated carbocycles. The minimum absolute atomic E-state index is 0.00217. The Morgan fingerprint density at radius 3 is 2.38 bits per heavy atom. The minimum Gasteiger partial charge on any atom is -0.497 e. The van der Waals surface area contributed by atoms with Gasteiger partial charge in [0.05, 0.1) is 12.7 Å². The molecule has 0 unspecified atom stereocenters. The Bertz CT molecular complexity index is 1160. The fourth-order valence-electron chi connectivity index (χ4n) is 5.26. The van der Waals surface area contributed by atoms with Crippen LogP contribution in [0.5, 0.6) is 5.75 Å². The quantitative estimate of drug-likeness (QED) is 0.643. The molecular weight excluding hydrogens is 468 g/mol. The van der Waals surface area contributed by atoms with Gasteiger partial charge in [0.2, 0.25) is 5.91 Å². The van der Waals surface area contributed by atoms with Crippen LogP contribution in [0.25, 0.3) is 0 Å². The highest BCUT2D eigenvalue weighted by atomic mass is 16.5. The highest BCUT2D eigenvalue weighted by Gasteiger charge is 2.34. The van der Waals surface area contributed by atoms with Crippen molar-refractivity contribution in [3.63, 3.8) is 0 Å². The van der Waals surface area contributed by atoms with Gasteiger partial charge in [0.15, 0.2) is 0 Å². The van der Waals surface area contributed by atoms with E-state index in [0.29, 0.717) is 35.7 Å². The molecule has 0 spiro atoms. The number of nitrogens with one attached hydrogen (secondary N) is 1. The molecule has 0 atom stereocenters. The summed E-state index contributed by atoms with van der Waals surface area (Å²) in [4.78, 5) is 45.5. The van der Waals surface area contributed by atoms with Crippen molar-refractivity contribution in [3.05, 3.63) is 53.6 Å². The molecule has 1 N–H and O–H groups in total. The monoisotopic (exact) mass is 504 g/mol. The molecule has 0 bridgehead atoms. The number of carbonyl (C=O) groups is 3. The molecule has 5 rings (SSSR count). The number of anilines is 2. The summed E-state index contributed by atoms with van der Waals surface area (Å²) in [7, 11) is 1.57. The van der Waals surface area contributed by atoms with E-state index in [-0.39, 0.29) is 23.6 Å². The van der Waals surface area contributed by atoms with Gasteiger partial charge in [-0.2, -0.15) is 0 Å². The van der Waals surface area contributed by atoms with Crippen LogP contribution in [-0.2, 0) is 4.79 Å².